The van der Waals surface area contributed by atoms with Crippen molar-refractivity contribution < 1.29 is 4.79 Å². The Kier molecular flexibility index (Phi) is 2.86. The molecule has 2 nitrogen and oxygen atoms in total. The van der Waals surface area contributed by atoms with Gasteiger partial charge in [-0.05, 0) is 24.1 Å². The number of carbonyl (C=O) groups excluding carboxylic acids is 1. The molecule has 0 radical (unpaired) electrons. The Hall–Kier alpha value is -1.31. The van der Waals surface area contributed by atoms with E-state index in [0.717, 1.165) is 12.0 Å². The molecule has 2 heteroatoms. The number of aryl methyl sites for hydroxylation is 1. The molecule has 64 valence electrons. The largest absolute Gasteiger partial charge is 0.355 e. The Morgan fingerprint density at radius 2 is 2.25 bits per heavy atom. The molecule has 0 bridgehead atoms. The fourth-order valence-electron chi connectivity index (χ4n) is 1.08. The van der Waals surface area contributed by atoms with Crippen molar-refractivity contribution in [3.05, 3.63) is 35.4 Å². The summed E-state index contributed by atoms with van der Waals surface area (Å²) in [7, 11) is 1.64. The topological polar surface area (TPSA) is 29.1 Å². The summed E-state index contributed by atoms with van der Waals surface area (Å²) in [4.78, 5) is 11.2. The van der Waals surface area contributed by atoms with Crippen LogP contribution in [0.3, 0.4) is 0 Å². The van der Waals surface area contributed by atoms with Gasteiger partial charge in [0.2, 0.25) is 0 Å². The Morgan fingerprint density at radius 3 is 2.83 bits per heavy atom. The monoisotopic (exact) mass is 163 g/mol. The van der Waals surface area contributed by atoms with Crippen molar-refractivity contribution in [2.75, 3.05) is 7.05 Å². The van der Waals surface area contributed by atoms with Crippen LogP contribution in [0.1, 0.15) is 22.8 Å². The lowest BCUT2D eigenvalue weighted by atomic mass is 10.1. The smallest absolute Gasteiger partial charge is 0.251 e. The Morgan fingerprint density at radius 1 is 1.50 bits per heavy atom. The number of hydrogen-bond donors (Lipinski definition) is 1. The van der Waals surface area contributed by atoms with Crippen LogP contribution in [0.15, 0.2) is 24.3 Å². The highest BCUT2D eigenvalue weighted by Gasteiger charge is 2.01. The summed E-state index contributed by atoms with van der Waals surface area (Å²) in [6.07, 6.45) is 0.963. The predicted molar refractivity (Wildman–Crippen MR) is 49.2 cm³/mol. The summed E-state index contributed by atoms with van der Waals surface area (Å²) in [6.45, 7) is 2.07. The van der Waals surface area contributed by atoms with Crippen LogP contribution in [-0.4, -0.2) is 13.0 Å². The van der Waals surface area contributed by atoms with E-state index in [1.165, 1.54) is 5.56 Å². The average molecular weight is 163 g/mol. The molecule has 0 saturated heterocycles. The van der Waals surface area contributed by atoms with Gasteiger partial charge in [-0.25, -0.2) is 0 Å². The van der Waals surface area contributed by atoms with E-state index in [1.54, 1.807) is 7.05 Å². The Balaban J connectivity index is 2.93. The van der Waals surface area contributed by atoms with Crippen LogP contribution in [0.2, 0.25) is 0 Å². The summed E-state index contributed by atoms with van der Waals surface area (Å²) in [5.74, 6) is -0.0229. The number of amides is 1. The number of benzene rings is 1. The first kappa shape index (κ1) is 8.78. The van der Waals surface area contributed by atoms with E-state index < -0.39 is 0 Å². The van der Waals surface area contributed by atoms with Crippen molar-refractivity contribution in [1.29, 1.82) is 0 Å². The molecular formula is C10H13NO. The van der Waals surface area contributed by atoms with E-state index in [4.69, 9.17) is 0 Å². The molecule has 1 aromatic rings. The molecule has 1 N–H and O–H groups in total. The molecule has 0 fully saturated rings. The van der Waals surface area contributed by atoms with Gasteiger partial charge in [0.1, 0.15) is 0 Å². The molecule has 0 aliphatic carbocycles. The molecular weight excluding hydrogens is 150 g/mol. The normalized spacial score (nSPS) is 9.50. The van der Waals surface area contributed by atoms with Gasteiger partial charge in [0.05, 0.1) is 0 Å². The highest BCUT2D eigenvalue weighted by Crippen LogP contribution is 2.05. The summed E-state index contributed by atoms with van der Waals surface area (Å²) >= 11 is 0. The van der Waals surface area contributed by atoms with Crippen molar-refractivity contribution in [3.8, 4) is 0 Å². The molecule has 1 amide bonds. The van der Waals surface area contributed by atoms with Crippen molar-refractivity contribution in [3.63, 3.8) is 0 Å². The lowest BCUT2D eigenvalue weighted by Gasteiger charge is -2.01. The standard InChI is InChI=1S/C10H13NO/c1-3-8-5-4-6-9(7-8)10(12)11-2/h4-7H,3H2,1-2H3,(H,11,12). The third-order valence-corrected chi connectivity index (χ3v) is 1.82. The SMILES string of the molecule is CCc1cccc(C(=O)NC)c1. The maximum absolute atomic E-state index is 11.2. The molecule has 12 heavy (non-hydrogen) atoms. The van der Waals surface area contributed by atoms with Crippen molar-refractivity contribution >= 4 is 5.91 Å². The molecule has 0 unspecified atom stereocenters. The van der Waals surface area contributed by atoms with Crippen LogP contribution in [-0.2, 0) is 6.42 Å². The summed E-state index contributed by atoms with van der Waals surface area (Å²) < 4.78 is 0. The first-order chi connectivity index (χ1) is 5.77. The van der Waals surface area contributed by atoms with Crippen LogP contribution >= 0.6 is 0 Å². The highest BCUT2D eigenvalue weighted by atomic mass is 16.1. The minimum absolute atomic E-state index is 0.0229. The minimum atomic E-state index is -0.0229. The van der Waals surface area contributed by atoms with Crippen molar-refractivity contribution in [2.45, 2.75) is 13.3 Å². The molecule has 0 aliphatic rings. The van der Waals surface area contributed by atoms with Crippen LogP contribution in [0, 0.1) is 0 Å². The van der Waals surface area contributed by atoms with Gasteiger partial charge in [0.25, 0.3) is 5.91 Å². The highest BCUT2D eigenvalue weighted by molar-refractivity contribution is 5.94. The third-order valence-electron chi connectivity index (χ3n) is 1.82. The molecule has 0 aliphatic heterocycles. The molecule has 1 rings (SSSR count). The first-order valence-electron chi connectivity index (χ1n) is 4.09. The lowest BCUT2D eigenvalue weighted by Crippen LogP contribution is -2.17. The Bertz CT molecular complexity index is 281. The van der Waals surface area contributed by atoms with E-state index in [-0.39, 0.29) is 5.91 Å². The Labute approximate surface area is 72.6 Å². The van der Waals surface area contributed by atoms with Crippen LogP contribution in [0.25, 0.3) is 0 Å². The maximum Gasteiger partial charge on any atom is 0.251 e. The minimum Gasteiger partial charge on any atom is -0.355 e. The maximum atomic E-state index is 11.2. The number of rotatable bonds is 2. The third kappa shape index (κ3) is 1.84. The van der Waals surface area contributed by atoms with Crippen molar-refractivity contribution in [1.82, 2.24) is 5.32 Å². The van der Waals surface area contributed by atoms with Gasteiger partial charge in [-0.2, -0.15) is 0 Å². The van der Waals surface area contributed by atoms with Gasteiger partial charge in [-0.1, -0.05) is 19.1 Å². The van der Waals surface area contributed by atoms with Crippen molar-refractivity contribution in [2.24, 2.45) is 0 Å². The van der Waals surface area contributed by atoms with Gasteiger partial charge in [0.15, 0.2) is 0 Å². The van der Waals surface area contributed by atoms with E-state index in [1.807, 2.05) is 24.3 Å². The second kappa shape index (κ2) is 3.90. The molecule has 0 aromatic heterocycles. The average Bonchev–Trinajstić information content (AvgIpc) is 2.17. The molecule has 1 aromatic carbocycles. The summed E-state index contributed by atoms with van der Waals surface area (Å²) in [6, 6.07) is 7.66. The fourth-order valence-corrected chi connectivity index (χ4v) is 1.08. The number of hydrogen-bond acceptors (Lipinski definition) is 1. The quantitative estimate of drug-likeness (QED) is 0.705. The van der Waals surface area contributed by atoms with Gasteiger partial charge in [-0.15, -0.1) is 0 Å². The molecule has 0 atom stereocenters. The van der Waals surface area contributed by atoms with E-state index >= 15 is 0 Å². The van der Waals surface area contributed by atoms with Crippen LogP contribution < -0.4 is 5.32 Å². The van der Waals surface area contributed by atoms with Crippen LogP contribution in [0.5, 0.6) is 0 Å². The number of carbonyl (C=O) groups is 1. The molecule has 0 saturated carbocycles. The molecule has 0 spiro atoms. The van der Waals surface area contributed by atoms with Gasteiger partial charge < -0.3 is 5.32 Å². The first-order valence-corrected chi connectivity index (χ1v) is 4.09. The van der Waals surface area contributed by atoms with Crippen LogP contribution in [0.4, 0.5) is 0 Å². The zero-order valence-electron chi connectivity index (χ0n) is 7.42. The van der Waals surface area contributed by atoms with E-state index in [0.29, 0.717) is 0 Å². The fraction of sp³-hybridized carbons (Fsp3) is 0.300. The van der Waals surface area contributed by atoms with Gasteiger partial charge in [0, 0.05) is 12.6 Å². The lowest BCUT2D eigenvalue weighted by molar-refractivity contribution is 0.0963. The summed E-state index contributed by atoms with van der Waals surface area (Å²) in [5.41, 5.74) is 1.92. The second-order valence-corrected chi connectivity index (χ2v) is 2.63. The molecule has 0 heterocycles. The zero-order chi connectivity index (χ0) is 8.97. The van der Waals surface area contributed by atoms with E-state index in [2.05, 4.69) is 12.2 Å². The van der Waals surface area contributed by atoms with E-state index in [9.17, 15) is 4.79 Å². The number of nitrogens with one attached hydrogen (secondary N) is 1. The predicted octanol–water partition coefficient (Wildman–Crippen LogP) is 1.61. The van der Waals surface area contributed by atoms with Gasteiger partial charge >= 0.3 is 0 Å². The zero-order valence-corrected chi connectivity index (χ0v) is 7.42. The summed E-state index contributed by atoms with van der Waals surface area (Å²) in [5, 5.41) is 2.59. The second-order valence-electron chi connectivity index (χ2n) is 2.63. The van der Waals surface area contributed by atoms with Gasteiger partial charge in [-0.3, -0.25) is 4.79 Å².